The third-order valence-electron chi connectivity index (χ3n) is 4.53. The molecule has 3 rings (SSSR count). The molecule has 0 spiro atoms. The highest BCUT2D eigenvalue weighted by Gasteiger charge is 2.30. The zero-order chi connectivity index (χ0) is 19.4. The van der Waals surface area contributed by atoms with E-state index in [1.165, 1.54) is 40.6 Å². The van der Waals surface area contributed by atoms with Crippen molar-refractivity contribution in [3.63, 3.8) is 0 Å². The van der Waals surface area contributed by atoms with Gasteiger partial charge in [0.2, 0.25) is 10.0 Å². The summed E-state index contributed by atoms with van der Waals surface area (Å²) in [6.07, 6.45) is 0.467. The summed E-state index contributed by atoms with van der Waals surface area (Å²) in [7, 11) is -2.33. The number of hydrogen-bond acceptors (Lipinski definition) is 4. The van der Waals surface area contributed by atoms with Gasteiger partial charge in [-0.3, -0.25) is 4.79 Å². The first kappa shape index (κ1) is 19.3. The number of benzene rings is 2. The molecule has 8 heteroatoms. The minimum Gasteiger partial charge on any atom is -0.495 e. The third-order valence-corrected chi connectivity index (χ3v) is 6.47. The SMILES string of the molecule is COc1ccccc1S(=O)(=O)N1CCCN(C(=O)c2ccccc2F)CC1. The summed E-state index contributed by atoms with van der Waals surface area (Å²) in [6.45, 7) is 0.981. The predicted octanol–water partition coefficient (Wildman–Crippen LogP) is 2.37. The number of methoxy groups -OCH3 is 1. The van der Waals surface area contributed by atoms with Crippen molar-refractivity contribution in [2.45, 2.75) is 11.3 Å². The first-order valence-electron chi connectivity index (χ1n) is 8.62. The molecule has 0 unspecified atom stereocenters. The average Bonchev–Trinajstić information content (AvgIpc) is 2.94. The second kappa shape index (κ2) is 8.06. The van der Waals surface area contributed by atoms with Crippen molar-refractivity contribution in [1.82, 2.24) is 9.21 Å². The maximum absolute atomic E-state index is 13.9. The highest BCUT2D eigenvalue weighted by Crippen LogP contribution is 2.27. The van der Waals surface area contributed by atoms with E-state index in [4.69, 9.17) is 4.74 Å². The summed E-state index contributed by atoms with van der Waals surface area (Å²) in [5.74, 6) is -0.726. The molecule has 1 amide bonds. The normalized spacial score (nSPS) is 16.0. The molecule has 0 radical (unpaired) electrons. The molecule has 1 fully saturated rings. The number of carbonyl (C=O) groups is 1. The minimum absolute atomic E-state index is 0.00136. The van der Waals surface area contributed by atoms with E-state index in [9.17, 15) is 17.6 Å². The summed E-state index contributed by atoms with van der Waals surface area (Å²) in [6, 6.07) is 12.2. The lowest BCUT2D eigenvalue weighted by Gasteiger charge is -2.22. The Morgan fingerprint density at radius 1 is 1.00 bits per heavy atom. The number of para-hydroxylation sites is 1. The number of rotatable bonds is 4. The van der Waals surface area contributed by atoms with Gasteiger partial charge in [-0.2, -0.15) is 4.31 Å². The highest BCUT2D eigenvalue weighted by molar-refractivity contribution is 7.89. The monoisotopic (exact) mass is 392 g/mol. The molecule has 6 nitrogen and oxygen atoms in total. The Morgan fingerprint density at radius 2 is 1.70 bits per heavy atom. The quantitative estimate of drug-likeness (QED) is 0.801. The number of sulfonamides is 1. The van der Waals surface area contributed by atoms with E-state index >= 15 is 0 Å². The summed E-state index contributed by atoms with van der Waals surface area (Å²) in [4.78, 5) is 14.2. The summed E-state index contributed by atoms with van der Waals surface area (Å²) >= 11 is 0. The Hall–Kier alpha value is -2.45. The van der Waals surface area contributed by atoms with Crippen LogP contribution in [0, 0.1) is 5.82 Å². The minimum atomic E-state index is -3.75. The number of nitrogens with zero attached hydrogens (tertiary/aromatic N) is 2. The maximum atomic E-state index is 13.9. The molecular formula is C19H21FN2O4S. The number of hydrogen-bond donors (Lipinski definition) is 0. The number of halogens is 1. The molecule has 1 heterocycles. The van der Waals surface area contributed by atoms with Crippen molar-refractivity contribution >= 4 is 15.9 Å². The molecule has 0 aliphatic carbocycles. The Balaban J connectivity index is 1.78. The standard InChI is InChI=1S/C19H21FN2O4S/c1-26-17-9-4-5-10-18(17)27(24,25)22-12-6-11-21(13-14-22)19(23)15-7-2-3-8-16(15)20/h2-5,7-10H,6,11-14H2,1H3. The predicted molar refractivity (Wildman–Crippen MR) is 98.7 cm³/mol. The second-order valence-corrected chi connectivity index (χ2v) is 8.09. The van der Waals surface area contributed by atoms with Gasteiger partial charge in [-0.1, -0.05) is 24.3 Å². The van der Waals surface area contributed by atoms with Gasteiger partial charge >= 0.3 is 0 Å². The van der Waals surface area contributed by atoms with Gasteiger partial charge in [-0.25, -0.2) is 12.8 Å². The van der Waals surface area contributed by atoms with E-state index in [1.54, 1.807) is 24.3 Å². The van der Waals surface area contributed by atoms with Crippen LogP contribution < -0.4 is 4.74 Å². The third kappa shape index (κ3) is 3.96. The molecule has 0 aromatic heterocycles. The lowest BCUT2D eigenvalue weighted by molar-refractivity contribution is 0.0759. The molecule has 1 aliphatic heterocycles. The topological polar surface area (TPSA) is 66.9 Å². The largest absolute Gasteiger partial charge is 0.495 e. The number of amides is 1. The van der Waals surface area contributed by atoms with Gasteiger partial charge in [0.1, 0.15) is 16.5 Å². The van der Waals surface area contributed by atoms with Gasteiger partial charge in [0.25, 0.3) is 5.91 Å². The molecule has 2 aromatic carbocycles. The van der Waals surface area contributed by atoms with Gasteiger partial charge < -0.3 is 9.64 Å². The van der Waals surface area contributed by atoms with E-state index in [0.29, 0.717) is 13.0 Å². The molecule has 0 atom stereocenters. The Labute approximate surface area is 158 Å². The molecule has 0 bridgehead atoms. The molecule has 1 saturated heterocycles. The van der Waals surface area contributed by atoms with Crippen LogP contribution in [-0.2, 0) is 10.0 Å². The zero-order valence-electron chi connectivity index (χ0n) is 15.0. The molecule has 1 aliphatic rings. The van der Waals surface area contributed by atoms with E-state index in [-0.39, 0.29) is 35.8 Å². The smallest absolute Gasteiger partial charge is 0.256 e. The summed E-state index contributed by atoms with van der Waals surface area (Å²) < 4.78 is 46.4. The number of ether oxygens (including phenoxy) is 1. The molecule has 27 heavy (non-hydrogen) atoms. The van der Waals surface area contributed by atoms with Crippen LogP contribution in [0.3, 0.4) is 0 Å². The van der Waals surface area contributed by atoms with Gasteiger partial charge in [0, 0.05) is 26.2 Å². The molecule has 0 N–H and O–H groups in total. The second-order valence-electron chi connectivity index (χ2n) is 6.18. The van der Waals surface area contributed by atoms with Crippen LogP contribution >= 0.6 is 0 Å². The Bertz CT molecular complexity index is 933. The van der Waals surface area contributed by atoms with Crippen molar-refractivity contribution in [2.24, 2.45) is 0 Å². The first-order valence-corrected chi connectivity index (χ1v) is 10.1. The van der Waals surface area contributed by atoms with Crippen molar-refractivity contribution in [3.8, 4) is 5.75 Å². The lowest BCUT2D eigenvalue weighted by Crippen LogP contribution is -2.37. The van der Waals surface area contributed by atoms with E-state index < -0.39 is 21.7 Å². The Kier molecular flexibility index (Phi) is 5.76. The van der Waals surface area contributed by atoms with Crippen LogP contribution in [0.15, 0.2) is 53.4 Å². The fourth-order valence-corrected chi connectivity index (χ4v) is 4.74. The fraction of sp³-hybridized carbons (Fsp3) is 0.316. The first-order chi connectivity index (χ1) is 12.9. The van der Waals surface area contributed by atoms with E-state index in [2.05, 4.69) is 0 Å². The maximum Gasteiger partial charge on any atom is 0.256 e. The van der Waals surface area contributed by atoms with Crippen LogP contribution in [0.2, 0.25) is 0 Å². The summed E-state index contributed by atoms with van der Waals surface area (Å²) in [5, 5.41) is 0. The van der Waals surface area contributed by atoms with Crippen LogP contribution in [0.5, 0.6) is 5.75 Å². The van der Waals surface area contributed by atoms with Gasteiger partial charge in [0.15, 0.2) is 0 Å². The molecule has 2 aromatic rings. The van der Waals surface area contributed by atoms with Gasteiger partial charge in [0.05, 0.1) is 12.7 Å². The highest BCUT2D eigenvalue weighted by atomic mass is 32.2. The van der Waals surface area contributed by atoms with Crippen molar-refractivity contribution in [1.29, 1.82) is 0 Å². The zero-order valence-corrected chi connectivity index (χ0v) is 15.8. The Morgan fingerprint density at radius 3 is 2.44 bits per heavy atom. The van der Waals surface area contributed by atoms with Crippen LogP contribution in [0.25, 0.3) is 0 Å². The molecule has 144 valence electrons. The number of carbonyl (C=O) groups excluding carboxylic acids is 1. The fourth-order valence-electron chi connectivity index (χ4n) is 3.11. The average molecular weight is 392 g/mol. The molecule has 0 saturated carbocycles. The lowest BCUT2D eigenvalue weighted by atomic mass is 10.2. The van der Waals surface area contributed by atoms with Crippen LogP contribution in [-0.4, -0.2) is 56.8 Å². The van der Waals surface area contributed by atoms with Gasteiger partial charge in [-0.05, 0) is 30.7 Å². The van der Waals surface area contributed by atoms with Crippen molar-refractivity contribution in [2.75, 3.05) is 33.3 Å². The van der Waals surface area contributed by atoms with E-state index in [0.717, 1.165) is 0 Å². The van der Waals surface area contributed by atoms with E-state index in [1.807, 2.05) is 0 Å². The van der Waals surface area contributed by atoms with Crippen molar-refractivity contribution in [3.05, 3.63) is 59.9 Å². The summed E-state index contributed by atoms with van der Waals surface area (Å²) in [5.41, 5.74) is -0.00136. The molecular weight excluding hydrogens is 371 g/mol. The van der Waals surface area contributed by atoms with Crippen molar-refractivity contribution < 1.29 is 22.3 Å². The van der Waals surface area contributed by atoms with Crippen LogP contribution in [0.1, 0.15) is 16.8 Å². The van der Waals surface area contributed by atoms with Gasteiger partial charge in [-0.15, -0.1) is 0 Å². The van der Waals surface area contributed by atoms with Crippen LogP contribution in [0.4, 0.5) is 4.39 Å².